The van der Waals surface area contributed by atoms with Crippen LogP contribution in [-0.2, 0) is 0 Å². The largest absolute Gasteiger partial charge is 0.321 e. The summed E-state index contributed by atoms with van der Waals surface area (Å²) < 4.78 is 0. The van der Waals surface area contributed by atoms with E-state index < -0.39 is 0 Å². The van der Waals surface area contributed by atoms with Gasteiger partial charge in [-0.2, -0.15) is 0 Å². The number of nitrogens with two attached hydrogens (primary N) is 1. The van der Waals surface area contributed by atoms with Crippen molar-refractivity contribution in [3.05, 3.63) is 37.2 Å². The van der Waals surface area contributed by atoms with Gasteiger partial charge in [0, 0.05) is 42.3 Å². The smallest absolute Gasteiger partial charge is 0.188 e. The van der Waals surface area contributed by atoms with Gasteiger partial charge in [-0.05, 0) is 12.5 Å². The van der Waals surface area contributed by atoms with Crippen LogP contribution in [0.25, 0.3) is 10.4 Å². The molecule has 0 spiro atoms. The van der Waals surface area contributed by atoms with E-state index in [0.717, 1.165) is 34.2 Å². The van der Waals surface area contributed by atoms with Crippen LogP contribution in [0.15, 0.2) is 42.2 Å². The number of aromatic nitrogens is 3. The highest BCUT2D eigenvalue weighted by Crippen LogP contribution is 2.29. The molecule has 1 atom stereocenters. The standard InChI is InChI=1S/C15H18N6S/c1-2-3-15(16)4-5-19-13(6-15)21-14-20-9-12(22-14)11-7-17-10-18-8-11/h4-5,7-10H,2-3,6,16H2,1H3,(H,19,20,21). The van der Waals surface area contributed by atoms with Gasteiger partial charge in [-0.15, -0.1) is 0 Å². The van der Waals surface area contributed by atoms with E-state index in [0.29, 0.717) is 6.42 Å². The van der Waals surface area contributed by atoms with Crippen molar-refractivity contribution in [3.63, 3.8) is 0 Å². The third-order valence-corrected chi connectivity index (χ3v) is 4.41. The second kappa shape index (κ2) is 6.33. The SMILES string of the molecule is CCCC1(N)C=CN=C(Nc2ncc(-c3cncnc3)s2)C1. The molecule has 0 fully saturated rings. The summed E-state index contributed by atoms with van der Waals surface area (Å²) in [5, 5.41) is 4.07. The zero-order valence-corrected chi connectivity index (χ0v) is 13.2. The first-order valence-corrected chi connectivity index (χ1v) is 8.02. The van der Waals surface area contributed by atoms with Crippen LogP contribution in [0.4, 0.5) is 5.13 Å². The minimum absolute atomic E-state index is 0.313. The van der Waals surface area contributed by atoms with Crippen LogP contribution in [0, 0.1) is 0 Å². The molecule has 3 rings (SSSR count). The van der Waals surface area contributed by atoms with Crippen LogP contribution >= 0.6 is 11.3 Å². The molecular weight excluding hydrogens is 296 g/mol. The van der Waals surface area contributed by atoms with Crippen LogP contribution in [0.2, 0.25) is 0 Å². The Labute approximate surface area is 133 Å². The minimum atomic E-state index is -0.313. The fourth-order valence-electron chi connectivity index (χ4n) is 2.42. The molecule has 0 bridgehead atoms. The Balaban J connectivity index is 1.71. The van der Waals surface area contributed by atoms with Gasteiger partial charge in [-0.3, -0.25) is 0 Å². The molecule has 2 aromatic rings. The highest BCUT2D eigenvalue weighted by molar-refractivity contribution is 7.19. The quantitative estimate of drug-likeness (QED) is 0.906. The number of hydrogen-bond acceptors (Lipinski definition) is 7. The number of nitrogens with zero attached hydrogens (tertiary/aromatic N) is 4. The Morgan fingerprint density at radius 2 is 2.14 bits per heavy atom. The maximum Gasteiger partial charge on any atom is 0.188 e. The summed E-state index contributed by atoms with van der Waals surface area (Å²) in [6.45, 7) is 2.14. The molecule has 22 heavy (non-hydrogen) atoms. The van der Waals surface area contributed by atoms with E-state index in [1.54, 1.807) is 29.9 Å². The summed E-state index contributed by atoms with van der Waals surface area (Å²) in [4.78, 5) is 17.8. The van der Waals surface area contributed by atoms with Crippen molar-refractivity contribution in [3.8, 4) is 10.4 Å². The predicted molar refractivity (Wildman–Crippen MR) is 89.8 cm³/mol. The van der Waals surface area contributed by atoms with Crippen LogP contribution in [0.5, 0.6) is 0 Å². The number of thiazole rings is 1. The fourth-order valence-corrected chi connectivity index (χ4v) is 3.23. The number of aliphatic imine (C=N–C) groups is 1. The summed E-state index contributed by atoms with van der Waals surface area (Å²) in [7, 11) is 0. The van der Waals surface area contributed by atoms with Gasteiger partial charge in [0.05, 0.1) is 4.88 Å². The second-order valence-corrected chi connectivity index (χ2v) is 6.36. The lowest BCUT2D eigenvalue weighted by atomic mass is 9.89. The van der Waals surface area contributed by atoms with E-state index in [-0.39, 0.29) is 5.54 Å². The summed E-state index contributed by atoms with van der Waals surface area (Å²) in [5.41, 5.74) is 7.01. The molecule has 1 aliphatic rings. The van der Waals surface area contributed by atoms with E-state index in [1.807, 2.05) is 12.3 Å². The molecule has 0 saturated carbocycles. The molecule has 0 aliphatic carbocycles. The van der Waals surface area contributed by atoms with Crippen molar-refractivity contribution >= 4 is 22.3 Å². The van der Waals surface area contributed by atoms with Crippen molar-refractivity contribution in [2.75, 3.05) is 5.32 Å². The van der Waals surface area contributed by atoms with E-state index in [2.05, 4.69) is 32.2 Å². The van der Waals surface area contributed by atoms with Crippen molar-refractivity contribution in [1.82, 2.24) is 15.0 Å². The summed E-state index contributed by atoms with van der Waals surface area (Å²) in [6, 6.07) is 0. The zero-order chi connectivity index (χ0) is 15.4. The topological polar surface area (TPSA) is 89.1 Å². The third-order valence-electron chi connectivity index (χ3n) is 3.45. The van der Waals surface area contributed by atoms with Gasteiger partial charge in [0.2, 0.25) is 0 Å². The molecule has 3 N–H and O–H groups in total. The highest BCUT2D eigenvalue weighted by Gasteiger charge is 2.25. The maximum atomic E-state index is 6.37. The summed E-state index contributed by atoms with van der Waals surface area (Å²) in [6.07, 6.45) is 13.3. The fraction of sp³-hybridized carbons (Fsp3) is 0.333. The molecule has 1 aliphatic heterocycles. The van der Waals surface area contributed by atoms with Gasteiger partial charge >= 0.3 is 0 Å². The van der Waals surface area contributed by atoms with Crippen LogP contribution in [0.1, 0.15) is 26.2 Å². The van der Waals surface area contributed by atoms with Crippen molar-refractivity contribution in [2.45, 2.75) is 31.7 Å². The predicted octanol–water partition coefficient (Wildman–Crippen LogP) is 2.83. The average molecular weight is 314 g/mol. The lowest BCUT2D eigenvalue weighted by Gasteiger charge is -2.28. The van der Waals surface area contributed by atoms with Gasteiger partial charge < -0.3 is 11.1 Å². The molecule has 0 amide bonds. The van der Waals surface area contributed by atoms with Gasteiger partial charge in [0.25, 0.3) is 0 Å². The molecule has 3 heterocycles. The number of nitrogens with one attached hydrogen (secondary N) is 1. The van der Waals surface area contributed by atoms with Crippen molar-refractivity contribution in [2.24, 2.45) is 10.7 Å². The van der Waals surface area contributed by atoms with E-state index >= 15 is 0 Å². The Kier molecular flexibility index (Phi) is 4.26. The third kappa shape index (κ3) is 3.37. The normalized spacial score (nSPS) is 20.7. The molecule has 6 nitrogen and oxygen atoms in total. The Morgan fingerprint density at radius 1 is 1.32 bits per heavy atom. The molecule has 7 heteroatoms. The van der Waals surface area contributed by atoms with Gasteiger partial charge in [0.1, 0.15) is 12.2 Å². The zero-order valence-electron chi connectivity index (χ0n) is 12.4. The van der Waals surface area contributed by atoms with Gasteiger partial charge in [-0.25, -0.2) is 19.9 Å². The van der Waals surface area contributed by atoms with Crippen molar-refractivity contribution in [1.29, 1.82) is 0 Å². The van der Waals surface area contributed by atoms with Gasteiger partial charge in [-0.1, -0.05) is 24.7 Å². The molecular formula is C15H18N6S. The monoisotopic (exact) mass is 314 g/mol. The second-order valence-electron chi connectivity index (χ2n) is 5.33. The van der Waals surface area contributed by atoms with E-state index in [1.165, 1.54) is 6.33 Å². The number of hydrogen-bond donors (Lipinski definition) is 2. The van der Waals surface area contributed by atoms with Crippen molar-refractivity contribution < 1.29 is 0 Å². The number of anilines is 1. The van der Waals surface area contributed by atoms with Crippen LogP contribution < -0.4 is 11.1 Å². The highest BCUT2D eigenvalue weighted by atomic mass is 32.1. The molecule has 2 aromatic heterocycles. The Bertz CT molecular complexity index is 693. The Morgan fingerprint density at radius 3 is 2.91 bits per heavy atom. The lowest BCUT2D eigenvalue weighted by Crippen LogP contribution is -2.42. The van der Waals surface area contributed by atoms with Gasteiger partial charge in [0.15, 0.2) is 5.13 Å². The Hall–Kier alpha value is -2.12. The first-order valence-electron chi connectivity index (χ1n) is 7.20. The summed E-state index contributed by atoms with van der Waals surface area (Å²) >= 11 is 1.55. The van der Waals surface area contributed by atoms with E-state index in [9.17, 15) is 0 Å². The average Bonchev–Trinajstić information content (AvgIpc) is 2.97. The first-order chi connectivity index (χ1) is 10.7. The molecule has 0 aromatic carbocycles. The van der Waals surface area contributed by atoms with E-state index in [4.69, 9.17) is 5.73 Å². The molecule has 114 valence electrons. The molecule has 1 unspecified atom stereocenters. The lowest BCUT2D eigenvalue weighted by molar-refractivity contribution is 0.491. The minimum Gasteiger partial charge on any atom is -0.321 e. The maximum absolute atomic E-state index is 6.37. The molecule has 0 saturated heterocycles. The first kappa shape index (κ1) is 14.8. The number of amidine groups is 1. The summed E-state index contributed by atoms with van der Waals surface area (Å²) in [5.74, 6) is 0.851. The van der Waals surface area contributed by atoms with Crippen LogP contribution in [-0.4, -0.2) is 26.3 Å². The molecule has 0 radical (unpaired) electrons. The number of rotatable bonds is 4. The van der Waals surface area contributed by atoms with Crippen LogP contribution in [0.3, 0.4) is 0 Å².